The monoisotopic (exact) mass is 265 g/mol. The number of methoxy groups -OCH3 is 1. The summed E-state index contributed by atoms with van der Waals surface area (Å²) in [4.78, 5) is 22.6. The van der Waals surface area contributed by atoms with Crippen molar-refractivity contribution in [2.75, 3.05) is 7.11 Å². The van der Waals surface area contributed by atoms with Crippen molar-refractivity contribution in [2.24, 2.45) is 5.92 Å². The molecule has 5 heteroatoms. The molecule has 1 rings (SSSR count). The van der Waals surface area contributed by atoms with Crippen LogP contribution in [0.15, 0.2) is 24.3 Å². The van der Waals surface area contributed by atoms with Gasteiger partial charge in [-0.25, -0.2) is 0 Å². The molecule has 19 heavy (non-hydrogen) atoms. The number of carbonyl (C=O) groups is 2. The molecule has 104 valence electrons. The summed E-state index contributed by atoms with van der Waals surface area (Å²) in [5, 5.41) is 11.7. The van der Waals surface area contributed by atoms with Gasteiger partial charge in [0.2, 0.25) is 5.91 Å². The Labute approximate surface area is 112 Å². The van der Waals surface area contributed by atoms with E-state index >= 15 is 0 Å². The Kier molecular flexibility index (Phi) is 5.36. The van der Waals surface area contributed by atoms with Crippen molar-refractivity contribution < 1.29 is 19.4 Å². The summed E-state index contributed by atoms with van der Waals surface area (Å²) in [6.45, 7) is 3.53. The molecule has 1 amide bonds. The number of carbonyl (C=O) groups excluding carboxylic acids is 1. The first-order valence-electron chi connectivity index (χ1n) is 6.10. The molecule has 0 aliphatic heterocycles. The lowest BCUT2D eigenvalue weighted by Crippen LogP contribution is -2.33. The number of carboxylic acids is 1. The smallest absolute Gasteiger partial charge is 0.305 e. The van der Waals surface area contributed by atoms with E-state index in [9.17, 15) is 9.59 Å². The zero-order valence-corrected chi connectivity index (χ0v) is 11.3. The lowest BCUT2D eigenvalue weighted by Gasteiger charge is -2.19. The average molecular weight is 265 g/mol. The number of amides is 1. The highest BCUT2D eigenvalue weighted by Crippen LogP contribution is 2.20. The van der Waals surface area contributed by atoms with Gasteiger partial charge in [0.25, 0.3) is 0 Å². The average Bonchev–Trinajstić information content (AvgIpc) is 2.37. The van der Waals surface area contributed by atoms with Crippen LogP contribution in [-0.2, 0) is 9.59 Å². The van der Waals surface area contributed by atoms with E-state index in [2.05, 4.69) is 5.32 Å². The van der Waals surface area contributed by atoms with Crippen LogP contribution >= 0.6 is 0 Å². The zero-order valence-electron chi connectivity index (χ0n) is 11.3. The van der Waals surface area contributed by atoms with Crippen LogP contribution in [0.2, 0.25) is 0 Å². The molecule has 5 nitrogen and oxygen atoms in total. The van der Waals surface area contributed by atoms with Crippen molar-refractivity contribution in [1.29, 1.82) is 0 Å². The Balaban J connectivity index is 2.88. The van der Waals surface area contributed by atoms with Crippen molar-refractivity contribution in [1.82, 2.24) is 5.32 Å². The first kappa shape index (κ1) is 15.0. The summed E-state index contributed by atoms with van der Waals surface area (Å²) in [6.07, 6.45) is -0.148. The maximum absolute atomic E-state index is 11.7. The van der Waals surface area contributed by atoms with Gasteiger partial charge >= 0.3 is 5.97 Å². The lowest BCUT2D eigenvalue weighted by molar-refractivity contribution is -0.137. The second-order valence-electron chi connectivity index (χ2n) is 4.59. The summed E-state index contributed by atoms with van der Waals surface area (Å²) in [7, 11) is 1.56. The van der Waals surface area contributed by atoms with Gasteiger partial charge in [-0.1, -0.05) is 26.0 Å². The number of aliphatic carboxylic acids is 1. The van der Waals surface area contributed by atoms with Crippen LogP contribution in [0.3, 0.4) is 0 Å². The number of ether oxygens (including phenoxy) is 1. The third-order valence-corrected chi connectivity index (χ3v) is 2.74. The predicted octanol–water partition coefficient (Wildman–Crippen LogP) is 1.98. The Morgan fingerprint density at radius 1 is 1.26 bits per heavy atom. The van der Waals surface area contributed by atoms with E-state index in [1.54, 1.807) is 45.2 Å². The van der Waals surface area contributed by atoms with E-state index in [1.165, 1.54) is 0 Å². The Morgan fingerprint density at radius 3 is 2.26 bits per heavy atom. The van der Waals surface area contributed by atoms with Gasteiger partial charge in [0, 0.05) is 5.92 Å². The molecule has 1 atom stereocenters. The molecular formula is C14H19NO4. The molecule has 0 radical (unpaired) electrons. The normalized spacial score (nSPS) is 12.0. The fraction of sp³-hybridized carbons (Fsp3) is 0.429. The highest BCUT2D eigenvalue weighted by molar-refractivity contribution is 5.79. The minimum absolute atomic E-state index is 0.148. The van der Waals surface area contributed by atoms with Gasteiger partial charge in [0.1, 0.15) is 5.75 Å². The van der Waals surface area contributed by atoms with Gasteiger partial charge in [-0.2, -0.15) is 0 Å². The van der Waals surface area contributed by atoms with E-state index in [-0.39, 0.29) is 18.2 Å². The molecule has 0 aliphatic rings. The molecule has 0 bridgehead atoms. The summed E-state index contributed by atoms with van der Waals surface area (Å²) in [6, 6.07) is 6.47. The summed E-state index contributed by atoms with van der Waals surface area (Å²) < 4.78 is 5.05. The van der Waals surface area contributed by atoms with Crippen LogP contribution < -0.4 is 10.1 Å². The van der Waals surface area contributed by atoms with Crippen LogP contribution in [-0.4, -0.2) is 24.1 Å². The molecule has 0 spiro atoms. The van der Waals surface area contributed by atoms with E-state index in [4.69, 9.17) is 9.84 Å². The van der Waals surface area contributed by atoms with Crippen LogP contribution in [0.5, 0.6) is 5.75 Å². The Hall–Kier alpha value is -2.04. The van der Waals surface area contributed by atoms with Gasteiger partial charge in [-0.15, -0.1) is 0 Å². The van der Waals surface area contributed by atoms with Crippen molar-refractivity contribution in [3.8, 4) is 5.75 Å². The zero-order chi connectivity index (χ0) is 14.4. The summed E-state index contributed by atoms with van der Waals surface area (Å²) in [5.41, 5.74) is 0.747. The fourth-order valence-electron chi connectivity index (χ4n) is 1.60. The summed E-state index contributed by atoms with van der Waals surface area (Å²) >= 11 is 0. The number of rotatable bonds is 6. The lowest BCUT2D eigenvalue weighted by atomic mass is 10.0. The molecule has 0 heterocycles. The van der Waals surface area contributed by atoms with E-state index in [1.807, 2.05) is 0 Å². The Bertz CT molecular complexity index is 439. The highest BCUT2D eigenvalue weighted by atomic mass is 16.5. The topological polar surface area (TPSA) is 75.6 Å². The second kappa shape index (κ2) is 6.78. The molecule has 0 saturated carbocycles. The number of benzene rings is 1. The van der Waals surface area contributed by atoms with Gasteiger partial charge in [-0.05, 0) is 17.7 Å². The number of nitrogens with one attached hydrogen (secondary N) is 1. The maximum atomic E-state index is 11.7. The SMILES string of the molecule is COc1ccc([C@H](CC(=O)O)NC(=O)C(C)C)cc1. The third kappa shape index (κ3) is 4.62. The van der Waals surface area contributed by atoms with Gasteiger partial charge in [0.05, 0.1) is 19.6 Å². The maximum Gasteiger partial charge on any atom is 0.305 e. The number of hydrogen-bond donors (Lipinski definition) is 2. The Morgan fingerprint density at radius 2 is 1.84 bits per heavy atom. The van der Waals surface area contributed by atoms with Crippen LogP contribution in [0.25, 0.3) is 0 Å². The molecule has 0 saturated heterocycles. The standard InChI is InChI=1S/C14H19NO4/c1-9(2)14(18)15-12(8-13(16)17)10-4-6-11(19-3)7-5-10/h4-7,9,12H,8H2,1-3H3,(H,15,18)(H,16,17)/t12-/m0/s1. The first-order valence-corrected chi connectivity index (χ1v) is 6.10. The van der Waals surface area contributed by atoms with Crippen LogP contribution in [0.1, 0.15) is 31.9 Å². The van der Waals surface area contributed by atoms with E-state index in [0.29, 0.717) is 5.75 Å². The fourth-order valence-corrected chi connectivity index (χ4v) is 1.60. The predicted molar refractivity (Wildman–Crippen MR) is 71.0 cm³/mol. The van der Waals surface area contributed by atoms with Crippen LogP contribution in [0, 0.1) is 5.92 Å². The van der Waals surface area contributed by atoms with Crippen molar-refractivity contribution in [3.05, 3.63) is 29.8 Å². The number of carboxylic acid groups (broad SMARTS) is 1. The third-order valence-electron chi connectivity index (χ3n) is 2.74. The van der Waals surface area contributed by atoms with E-state index < -0.39 is 12.0 Å². The van der Waals surface area contributed by atoms with Gasteiger partial charge in [-0.3, -0.25) is 9.59 Å². The largest absolute Gasteiger partial charge is 0.497 e. The van der Waals surface area contributed by atoms with Gasteiger partial charge in [0.15, 0.2) is 0 Å². The second-order valence-corrected chi connectivity index (χ2v) is 4.59. The van der Waals surface area contributed by atoms with Crippen molar-refractivity contribution in [2.45, 2.75) is 26.3 Å². The van der Waals surface area contributed by atoms with E-state index in [0.717, 1.165) is 5.56 Å². The van der Waals surface area contributed by atoms with Crippen molar-refractivity contribution >= 4 is 11.9 Å². The molecule has 0 aliphatic carbocycles. The minimum atomic E-state index is -0.954. The molecule has 1 aromatic carbocycles. The van der Waals surface area contributed by atoms with Crippen molar-refractivity contribution in [3.63, 3.8) is 0 Å². The van der Waals surface area contributed by atoms with Crippen LogP contribution in [0.4, 0.5) is 0 Å². The molecular weight excluding hydrogens is 246 g/mol. The molecule has 0 fully saturated rings. The quantitative estimate of drug-likeness (QED) is 0.824. The minimum Gasteiger partial charge on any atom is -0.497 e. The first-order chi connectivity index (χ1) is 8.93. The molecule has 0 aromatic heterocycles. The molecule has 0 unspecified atom stereocenters. The summed E-state index contributed by atoms with van der Waals surface area (Å²) in [5.74, 6) is -0.616. The highest BCUT2D eigenvalue weighted by Gasteiger charge is 2.19. The van der Waals surface area contributed by atoms with Gasteiger partial charge < -0.3 is 15.2 Å². The molecule has 1 aromatic rings. The number of hydrogen-bond acceptors (Lipinski definition) is 3. The molecule has 2 N–H and O–H groups in total.